The van der Waals surface area contributed by atoms with E-state index in [1.54, 1.807) is 14.2 Å². The van der Waals surface area contributed by atoms with E-state index < -0.39 is 0 Å². The highest BCUT2D eigenvalue weighted by atomic mass is 16.7. The summed E-state index contributed by atoms with van der Waals surface area (Å²) in [5, 5.41) is 1.86. The standard InChI is InChI=1S/C11H15NO2/c1-13-11-10-6-4-3-5-9(10)7-8-12(11)14-2/h3-6,11H,7-8H2,1-2H3. The molecule has 1 aliphatic rings. The fraction of sp³-hybridized carbons (Fsp3) is 0.455. The lowest BCUT2D eigenvalue weighted by molar-refractivity contribution is -0.237. The Hall–Kier alpha value is -0.900. The monoisotopic (exact) mass is 193 g/mol. The summed E-state index contributed by atoms with van der Waals surface area (Å²) >= 11 is 0. The van der Waals surface area contributed by atoms with Crippen LogP contribution in [0.5, 0.6) is 0 Å². The molecule has 1 atom stereocenters. The van der Waals surface area contributed by atoms with Crippen LogP contribution in [-0.4, -0.2) is 25.8 Å². The van der Waals surface area contributed by atoms with Gasteiger partial charge < -0.3 is 4.74 Å². The highest BCUT2D eigenvalue weighted by molar-refractivity contribution is 5.30. The number of rotatable bonds is 2. The number of methoxy groups -OCH3 is 1. The first-order valence-electron chi connectivity index (χ1n) is 4.78. The first kappa shape index (κ1) is 9.65. The minimum Gasteiger partial charge on any atom is -0.360 e. The topological polar surface area (TPSA) is 21.7 Å². The van der Waals surface area contributed by atoms with E-state index in [1.165, 1.54) is 11.1 Å². The van der Waals surface area contributed by atoms with Crippen molar-refractivity contribution in [2.75, 3.05) is 20.8 Å². The molecule has 14 heavy (non-hydrogen) atoms. The van der Waals surface area contributed by atoms with Crippen molar-refractivity contribution in [2.45, 2.75) is 12.6 Å². The molecule has 0 spiro atoms. The average Bonchev–Trinajstić information content (AvgIpc) is 2.27. The molecule has 1 aromatic carbocycles. The molecular weight excluding hydrogens is 178 g/mol. The summed E-state index contributed by atoms with van der Waals surface area (Å²) in [6, 6.07) is 8.33. The molecule has 3 nitrogen and oxygen atoms in total. The molecule has 1 heterocycles. The zero-order chi connectivity index (χ0) is 9.97. The van der Waals surface area contributed by atoms with Crippen LogP contribution in [0.4, 0.5) is 0 Å². The molecule has 3 heteroatoms. The SMILES string of the molecule is COC1c2ccccc2CCN1OC. The summed E-state index contributed by atoms with van der Waals surface area (Å²) in [7, 11) is 3.39. The maximum absolute atomic E-state index is 5.42. The van der Waals surface area contributed by atoms with E-state index in [1.807, 2.05) is 11.1 Å². The van der Waals surface area contributed by atoms with E-state index in [-0.39, 0.29) is 6.23 Å². The van der Waals surface area contributed by atoms with Crippen molar-refractivity contribution < 1.29 is 9.57 Å². The van der Waals surface area contributed by atoms with Crippen molar-refractivity contribution in [3.8, 4) is 0 Å². The van der Waals surface area contributed by atoms with Crippen LogP contribution in [0.15, 0.2) is 24.3 Å². The van der Waals surface area contributed by atoms with Crippen LogP contribution in [0.2, 0.25) is 0 Å². The van der Waals surface area contributed by atoms with Crippen molar-refractivity contribution in [3.05, 3.63) is 35.4 Å². The van der Waals surface area contributed by atoms with Crippen molar-refractivity contribution in [1.82, 2.24) is 5.06 Å². The predicted octanol–water partition coefficient (Wildman–Crippen LogP) is 1.75. The molecule has 0 amide bonds. The van der Waals surface area contributed by atoms with Crippen LogP contribution in [0.3, 0.4) is 0 Å². The normalized spacial score (nSPS) is 22.0. The van der Waals surface area contributed by atoms with E-state index >= 15 is 0 Å². The molecule has 0 aliphatic carbocycles. The van der Waals surface area contributed by atoms with Gasteiger partial charge in [-0.2, -0.15) is 5.06 Å². The lowest BCUT2D eigenvalue weighted by Crippen LogP contribution is -2.35. The number of nitrogens with zero attached hydrogens (tertiary/aromatic N) is 1. The van der Waals surface area contributed by atoms with E-state index in [0.717, 1.165) is 13.0 Å². The predicted molar refractivity (Wildman–Crippen MR) is 53.6 cm³/mol. The largest absolute Gasteiger partial charge is 0.360 e. The molecule has 0 N–H and O–H groups in total. The zero-order valence-corrected chi connectivity index (χ0v) is 8.56. The van der Waals surface area contributed by atoms with Crippen LogP contribution in [0.25, 0.3) is 0 Å². The first-order valence-corrected chi connectivity index (χ1v) is 4.78. The Bertz CT molecular complexity index is 314. The van der Waals surface area contributed by atoms with Gasteiger partial charge in [0.05, 0.1) is 7.11 Å². The van der Waals surface area contributed by atoms with E-state index in [0.29, 0.717) is 0 Å². The molecule has 0 saturated heterocycles. The number of ether oxygens (including phenoxy) is 1. The third kappa shape index (κ3) is 1.54. The summed E-state index contributed by atoms with van der Waals surface area (Å²) in [5.41, 5.74) is 2.57. The lowest BCUT2D eigenvalue weighted by atomic mass is 9.99. The molecule has 1 aliphatic heterocycles. The lowest BCUT2D eigenvalue weighted by Gasteiger charge is -2.33. The van der Waals surface area contributed by atoms with Gasteiger partial charge in [-0.15, -0.1) is 0 Å². The third-order valence-electron chi connectivity index (χ3n) is 2.64. The Morgan fingerprint density at radius 3 is 2.79 bits per heavy atom. The summed E-state index contributed by atoms with van der Waals surface area (Å²) in [5.74, 6) is 0. The summed E-state index contributed by atoms with van der Waals surface area (Å²) in [4.78, 5) is 5.26. The molecule has 0 fully saturated rings. The Balaban J connectivity index is 2.34. The molecular formula is C11H15NO2. The highest BCUT2D eigenvalue weighted by Crippen LogP contribution is 2.29. The number of hydrogen-bond acceptors (Lipinski definition) is 3. The highest BCUT2D eigenvalue weighted by Gasteiger charge is 2.26. The van der Waals surface area contributed by atoms with Crippen LogP contribution in [0, 0.1) is 0 Å². The maximum atomic E-state index is 5.42. The first-order chi connectivity index (χ1) is 6.86. The number of hydroxylamine groups is 2. The number of benzene rings is 1. The molecule has 2 rings (SSSR count). The van der Waals surface area contributed by atoms with Gasteiger partial charge in [0.1, 0.15) is 0 Å². The van der Waals surface area contributed by atoms with Crippen molar-refractivity contribution in [3.63, 3.8) is 0 Å². The summed E-state index contributed by atoms with van der Waals surface area (Å²) in [6.07, 6.45) is 0.953. The van der Waals surface area contributed by atoms with Crippen molar-refractivity contribution in [1.29, 1.82) is 0 Å². The molecule has 1 aromatic rings. The second-order valence-electron chi connectivity index (χ2n) is 3.36. The quantitative estimate of drug-likeness (QED) is 0.714. The van der Waals surface area contributed by atoms with E-state index in [9.17, 15) is 0 Å². The maximum Gasteiger partial charge on any atom is 0.158 e. The van der Waals surface area contributed by atoms with Gasteiger partial charge in [-0.25, -0.2) is 0 Å². The minimum absolute atomic E-state index is 0.0649. The van der Waals surface area contributed by atoms with E-state index in [4.69, 9.17) is 9.57 Å². The zero-order valence-electron chi connectivity index (χ0n) is 8.56. The Kier molecular flexibility index (Phi) is 2.82. The van der Waals surface area contributed by atoms with Gasteiger partial charge in [-0.1, -0.05) is 24.3 Å². The fourth-order valence-electron chi connectivity index (χ4n) is 1.94. The third-order valence-corrected chi connectivity index (χ3v) is 2.64. The van der Waals surface area contributed by atoms with Crippen LogP contribution in [-0.2, 0) is 16.0 Å². The molecule has 0 saturated carbocycles. The van der Waals surface area contributed by atoms with Crippen LogP contribution >= 0.6 is 0 Å². The summed E-state index contributed by atoms with van der Waals surface area (Å²) in [6.45, 7) is 0.881. The van der Waals surface area contributed by atoms with Crippen LogP contribution in [0.1, 0.15) is 17.4 Å². The average molecular weight is 193 g/mol. The number of hydrogen-bond donors (Lipinski definition) is 0. The Morgan fingerprint density at radius 1 is 1.29 bits per heavy atom. The Morgan fingerprint density at radius 2 is 2.07 bits per heavy atom. The van der Waals surface area contributed by atoms with Gasteiger partial charge in [0.2, 0.25) is 0 Å². The van der Waals surface area contributed by atoms with Gasteiger partial charge in [0, 0.05) is 19.2 Å². The van der Waals surface area contributed by atoms with Gasteiger partial charge in [-0.05, 0) is 12.0 Å². The van der Waals surface area contributed by atoms with E-state index in [2.05, 4.69) is 18.2 Å². The molecule has 0 radical (unpaired) electrons. The smallest absolute Gasteiger partial charge is 0.158 e. The second kappa shape index (κ2) is 4.09. The second-order valence-corrected chi connectivity index (χ2v) is 3.36. The number of fused-ring (bicyclic) bond motifs is 1. The van der Waals surface area contributed by atoms with Gasteiger partial charge in [0.15, 0.2) is 6.23 Å². The minimum atomic E-state index is -0.0649. The fourth-order valence-corrected chi connectivity index (χ4v) is 1.94. The van der Waals surface area contributed by atoms with Crippen molar-refractivity contribution in [2.24, 2.45) is 0 Å². The van der Waals surface area contributed by atoms with Gasteiger partial charge in [-0.3, -0.25) is 4.84 Å². The van der Waals surface area contributed by atoms with Gasteiger partial charge in [0.25, 0.3) is 0 Å². The molecule has 0 bridgehead atoms. The molecule has 1 unspecified atom stereocenters. The molecule has 0 aromatic heterocycles. The molecule has 76 valence electrons. The Labute approximate surface area is 84.2 Å². The van der Waals surface area contributed by atoms with Crippen LogP contribution < -0.4 is 0 Å². The van der Waals surface area contributed by atoms with Crippen molar-refractivity contribution >= 4 is 0 Å². The summed E-state index contributed by atoms with van der Waals surface area (Å²) < 4.78 is 5.42. The van der Waals surface area contributed by atoms with Gasteiger partial charge >= 0.3 is 0 Å².